The van der Waals surface area contributed by atoms with E-state index in [9.17, 15) is 9.90 Å². The number of benzene rings is 1. The first kappa shape index (κ1) is 16.1. The van der Waals surface area contributed by atoms with Gasteiger partial charge in [0.2, 0.25) is 0 Å². The van der Waals surface area contributed by atoms with Crippen LogP contribution in [-0.4, -0.2) is 40.9 Å². The molecule has 0 spiro atoms. The summed E-state index contributed by atoms with van der Waals surface area (Å²) in [5.74, 6) is 0.605. The molecule has 2 aliphatic heterocycles. The minimum atomic E-state index is -1.12. The molecule has 130 valence electrons. The SMILES string of the molecule is C1C[C@@H]2C[C@H]1CO2.O=C([C@H](O)c1ccccc1)N1O[C@@H]2CC[C@H]1C2. The second-order valence-corrected chi connectivity index (χ2v) is 7.31. The first-order chi connectivity index (χ1) is 11.7. The van der Waals surface area contributed by atoms with Crippen LogP contribution in [0.4, 0.5) is 0 Å². The molecule has 1 N–H and O–H groups in total. The lowest BCUT2D eigenvalue weighted by Crippen LogP contribution is -2.39. The summed E-state index contributed by atoms with van der Waals surface area (Å²) in [7, 11) is 0. The fourth-order valence-electron chi connectivity index (χ4n) is 4.21. The van der Waals surface area contributed by atoms with Crippen LogP contribution in [0.25, 0.3) is 0 Å². The molecule has 5 heteroatoms. The van der Waals surface area contributed by atoms with Crippen LogP contribution >= 0.6 is 0 Å². The normalized spacial score (nSPS) is 34.1. The summed E-state index contributed by atoms with van der Waals surface area (Å²) in [5.41, 5.74) is 0.615. The topological polar surface area (TPSA) is 59.0 Å². The number of hydrogen-bond donors (Lipinski definition) is 1. The van der Waals surface area contributed by atoms with E-state index in [0.717, 1.165) is 31.8 Å². The number of fused-ring (bicyclic) bond motifs is 4. The highest BCUT2D eigenvalue weighted by molar-refractivity contribution is 5.81. The first-order valence-corrected chi connectivity index (χ1v) is 9.05. The molecule has 0 aromatic heterocycles. The zero-order valence-electron chi connectivity index (χ0n) is 13.8. The Hall–Kier alpha value is -1.43. The number of hydrogen-bond acceptors (Lipinski definition) is 4. The van der Waals surface area contributed by atoms with Crippen LogP contribution in [0, 0.1) is 5.92 Å². The van der Waals surface area contributed by atoms with Crippen LogP contribution in [0.2, 0.25) is 0 Å². The minimum absolute atomic E-state index is 0.158. The number of nitrogens with zero attached hydrogens (tertiary/aromatic N) is 1. The number of ether oxygens (including phenoxy) is 1. The van der Waals surface area contributed by atoms with Crippen molar-refractivity contribution in [3.63, 3.8) is 0 Å². The third-order valence-corrected chi connectivity index (χ3v) is 5.58. The van der Waals surface area contributed by atoms with Gasteiger partial charge in [0.1, 0.15) is 0 Å². The van der Waals surface area contributed by atoms with Crippen molar-refractivity contribution in [1.29, 1.82) is 0 Å². The quantitative estimate of drug-likeness (QED) is 0.905. The van der Waals surface area contributed by atoms with Crippen molar-refractivity contribution in [3.8, 4) is 0 Å². The third-order valence-electron chi connectivity index (χ3n) is 5.58. The highest BCUT2D eigenvalue weighted by atomic mass is 16.7. The standard InChI is InChI=1S/C13H15NO3.C6H10O/c15-12(9-4-2-1-3-5-9)13(16)14-10-6-7-11(8-10)17-14;1-2-6-3-5(1)4-7-6/h1-5,10-12,15H,6-8H2;5-6H,1-4H2/t10-,11+,12+;5-,6+/m00/s1. The van der Waals surface area contributed by atoms with Crippen LogP contribution in [0.1, 0.15) is 50.2 Å². The van der Waals surface area contributed by atoms with Gasteiger partial charge in [-0.3, -0.25) is 9.63 Å². The molecular formula is C19H25NO4. The summed E-state index contributed by atoms with van der Waals surface area (Å²) in [6.07, 6.45) is 6.78. The molecule has 5 rings (SSSR count). The van der Waals surface area contributed by atoms with Crippen molar-refractivity contribution in [1.82, 2.24) is 5.06 Å². The van der Waals surface area contributed by atoms with Crippen molar-refractivity contribution in [3.05, 3.63) is 35.9 Å². The van der Waals surface area contributed by atoms with E-state index < -0.39 is 6.10 Å². The van der Waals surface area contributed by atoms with Crippen molar-refractivity contribution in [2.75, 3.05) is 6.61 Å². The van der Waals surface area contributed by atoms with Gasteiger partial charge in [-0.25, -0.2) is 5.06 Å². The highest BCUT2D eigenvalue weighted by Crippen LogP contribution is 2.36. The smallest absolute Gasteiger partial charge is 0.279 e. The van der Waals surface area contributed by atoms with Crippen molar-refractivity contribution in [2.45, 2.75) is 62.9 Å². The Labute approximate surface area is 142 Å². The number of hydroxylamine groups is 2. The van der Waals surface area contributed by atoms with E-state index in [4.69, 9.17) is 9.57 Å². The van der Waals surface area contributed by atoms with E-state index in [1.165, 1.54) is 24.3 Å². The Bertz CT molecular complexity index is 560. The number of aliphatic hydroxyl groups excluding tert-OH is 1. The van der Waals surface area contributed by atoms with Gasteiger partial charge in [0.15, 0.2) is 6.10 Å². The lowest BCUT2D eigenvalue weighted by atomic mass is 10.1. The number of carbonyl (C=O) groups excluding carboxylic acids is 1. The maximum atomic E-state index is 12.1. The molecule has 0 radical (unpaired) electrons. The van der Waals surface area contributed by atoms with E-state index in [1.54, 1.807) is 12.1 Å². The fraction of sp³-hybridized carbons (Fsp3) is 0.632. The van der Waals surface area contributed by atoms with Gasteiger partial charge in [-0.2, -0.15) is 0 Å². The van der Waals surface area contributed by atoms with E-state index in [0.29, 0.717) is 11.7 Å². The van der Waals surface area contributed by atoms with Gasteiger partial charge in [0, 0.05) is 6.61 Å². The molecule has 5 nitrogen and oxygen atoms in total. The molecule has 1 aromatic carbocycles. The van der Waals surface area contributed by atoms with Crippen molar-refractivity contribution >= 4 is 5.91 Å². The Kier molecular flexibility index (Phi) is 4.57. The van der Waals surface area contributed by atoms with Crippen molar-refractivity contribution in [2.24, 2.45) is 5.92 Å². The largest absolute Gasteiger partial charge is 0.378 e. The lowest BCUT2D eigenvalue weighted by Gasteiger charge is -2.27. The summed E-state index contributed by atoms with van der Waals surface area (Å²) >= 11 is 0. The summed E-state index contributed by atoms with van der Waals surface area (Å²) in [6, 6.07) is 9.12. The highest BCUT2D eigenvalue weighted by Gasteiger charge is 2.43. The zero-order chi connectivity index (χ0) is 16.5. The number of aliphatic hydroxyl groups is 1. The molecular weight excluding hydrogens is 306 g/mol. The second kappa shape index (κ2) is 6.82. The van der Waals surface area contributed by atoms with Gasteiger partial charge in [-0.15, -0.1) is 0 Å². The Morgan fingerprint density at radius 3 is 2.33 bits per heavy atom. The van der Waals surface area contributed by atoms with Crippen LogP contribution in [-0.2, 0) is 14.4 Å². The van der Waals surface area contributed by atoms with Gasteiger partial charge >= 0.3 is 0 Å². The maximum Gasteiger partial charge on any atom is 0.279 e. The van der Waals surface area contributed by atoms with E-state index in [1.807, 2.05) is 18.2 Å². The van der Waals surface area contributed by atoms with Gasteiger partial charge in [-0.05, 0) is 50.0 Å². The Morgan fingerprint density at radius 2 is 1.88 bits per heavy atom. The molecule has 1 amide bonds. The molecule has 2 heterocycles. The summed E-state index contributed by atoms with van der Waals surface area (Å²) in [4.78, 5) is 17.6. The van der Waals surface area contributed by atoms with Crippen LogP contribution in [0.5, 0.6) is 0 Å². The van der Waals surface area contributed by atoms with Gasteiger partial charge in [0.05, 0.1) is 18.2 Å². The lowest BCUT2D eigenvalue weighted by molar-refractivity contribution is -0.207. The molecule has 5 atom stereocenters. The average molecular weight is 331 g/mol. The van der Waals surface area contributed by atoms with E-state index in [-0.39, 0.29) is 18.1 Å². The summed E-state index contributed by atoms with van der Waals surface area (Å²) in [6.45, 7) is 1.06. The fourth-order valence-corrected chi connectivity index (χ4v) is 4.21. The predicted molar refractivity (Wildman–Crippen MR) is 87.8 cm³/mol. The van der Waals surface area contributed by atoms with E-state index in [2.05, 4.69) is 0 Å². The molecule has 2 saturated heterocycles. The van der Waals surface area contributed by atoms with E-state index >= 15 is 0 Å². The summed E-state index contributed by atoms with van der Waals surface area (Å²) < 4.78 is 5.35. The van der Waals surface area contributed by atoms with Gasteiger partial charge in [0.25, 0.3) is 5.91 Å². The predicted octanol–water partition coefficient (Wildman–Crippen LogP) is 2.60. The number of rotatable bonds is 2. The molecule has 0 unspecified atom stereocenters. The molecule has 1 aromatic rings. The molecule has 24 heavy (non-hydrogen) atoms. The number of amides is 1. The second-order valence-electron chi connectivity index (χ2n) is 7.31. The third kappa shape index (κ3) is 3.21. The van der Waals surface area contributed by atoms with Gasteiger partial charge < -0.3 is 9.84 Å². The maximum absolute atomic E-state index is 12.1. The van der Waals surface area contributed by atoms with Crippen molar-refractivity contribution < 1.29 is 19.5 Å². The van der Waals surface area contributed by atoms with Crippen LogP contribution < -0.4 is 0 Å². The monoisotopic (exact) mass is 331 g/mol. The Balaban J connectivity index is 0.000000172. The molecule has 2 aliphatic carbocycles. The van der Waals surface area contributed by atoms with Crippen LogP contribution in [0.15, 0.2) is 30.3 Å². The van der Waals surface area contributed by atoms with Crippen LogP contribution in [0.3, 0.4) is 0 Å². The minimum Gasteiger partial charge on any atom is -0.378 e. The van der Waals surface area contributed by atoms with Gasteiger partial charge in [-0.1, -0.05) is 30.3 Å². The average Bonchev–Trinajstić information content (AvgIpc) is 3.43. The molecule has 2 saturated carbocycles. The Morgan fingerprint density at radius 1 is 1.08 bits per heavy atom. The number of carbonyl (C=O) groups is 1. The molecule has 4 aliphatic rings. The molecule has 4 fully saturated rings. The first-order valence-electron chi connectivity index (χ1n) is 9.05. The summed E-state index contributed by atoms with van der Waals surface area (Å²) in [5, 5.41) is 11.4. The zero-order valence-corrected chi connectivity index (χ0v) is 13.8. The molecule has 4 bridgehead atoms.